The highest BCUT2D eigenvalue weighted by atomic mass is 28.4. The Balaban J connectivity index is 1.22. The fourth-order valence-electron chi connectivity index (χ4n) is 8.33. The van der Waals surface area contributed by atoms with Crippen LogP contribution in [0.25, 0.3) is 0 Å². The second-order valence-corrected chi connectivity index (χ2v) is 23.9. The van der Waals surface area contributed by atoms with E-state index >= 15 is 0 Å². The third kappa shape index (κ3) is 8.16. The van der Waals surface area contributed by atoms with Crippen LogP contribution in [-0.2, 0) is 16.1 Å². The van der Waals surface area contributed by atoms with Gasteiger partial charge in [0, 0.05) is 0 Å². The van der Waals surface area contributed by atoms with Crippen LogP contribution in [-0.4, -0.2) is 51.6 Å². The van der Waals surface area contributed by atoms with E-state index in [4.69, 9.17) is 14.2 Å². The van der Waals surface area contributed by atoms with Crippen LogP contribution in [0.5, 0.6) is 5.75 Å². The van der Waals surface area contributed by atoms with Gasteiger partial charge in [-0.25, -0.2) is 0 Å². The van der Waals surface area contributed by atoms with Crippen LogP contribution >= 0.6 is 0 Å². The normalized spacial score (nSPS) is 17.8. The summed E-state index contributed by atoms with van der Waals surface area (Å²) in [6.45, 7) is 9.95. The Morgan fingerprint density at radius 1 is 0.585 bits per heavy atom. The summed E-state index contributed by atoms with van der Waals surface area (Å²) in [4.78, 5) is 25.7. The summed E-state index contributed by atoms with van der Waals surface area (Å²) in [5, 5.41) is 3.37. The highest BCUT2D eigenvalue weighted by Crippen LogP contribution is 2.51. The molecule has 1 aliphatic rings. The highest BCUT2D eigenvalue weighted by Gasteiger charge is 2.58. The lowest BCUT2D eigenvalue weighted by Gasteiger charge is -2.42. The fraction of sp³-hybridized carbons (Fsp3) is 0.348. The van der Waals surface area contributed by atoms with E-state index in [1.165, 1.54) is 0 Å². The first-order chi connectivity index (χ1) is 25.5. The molecule has 2 atom stereocenters. The molecule has 5 aromatic rings. The van der Waals surface area contributed by atoms with E-state index in [0.717, 1.165) is 64.2 Å². The maximum atomic E-state index is 12.9. The molecule has 1 fully saturated rings. The maximum Gasteiger partial charge on any atom is 0.258 e. The number of hydrogen-bond donors (Lipinski definition) is 2. The van der Waals surface area contributed by atoms with E-state index in [2.05, 4.69) is 76.2 Å². The first-order valence-corrected chi connectivity index (χ1v) is 22.9. The standard InChI is InChI=1S/C46H56O5Si2/c1-44(2,52(47,39-19-10-6-11-20-39)40-21-12-7-13-22-40)31-18-32-46(43(51-46)36-50-35-37-27-29-38(49-5)30-28-37)34-33-45(3,4)53(48,41-23-14-8-15-24-41)42-25-16-9-17-26-42/h6-17,19-30,43,47-48H,18,31-36H2,1-5H3/t43-,46+/m0/s1. The average Bonchev–Trinajstić information content (AvgIpc) is 3.89. The lowest BCUT2D eigenvalue weighted by molar-refractivity contribution is 0.104. The van der Waals surface area contributed by atoms with Crippen LogP contribution in [0.4, 0.5) is 0 Å². The van der Waals surface area contributed by atoms with E-state index in [1.807, 2.05) is 97.1 Å². The van der Waals surface area contributed by atoms with Crippen molar-refractivity contribution >= 4 is 37.4 Å². The molecule has 1 aliphatic heterocycles. The third-order valence-electron chi connectivity index (χ3n) is 11.9. The van der Waals surface area contributed by atoms with Gasteiger partial charge in [0.1, 0.15) is 11.9 Å². The third-order valence-corrected chi connectivity index (χ3v) is 21.0. The summed E-state index contributed by atoms with van der Waals surface area (Å²) in [5.74, 6) is 0.827. The second kappa shape index (κ2) is 16.3. The monoisotopic (exact) mass is 744 g/mol. The van der Waals surface area contributed by atoms with Gasteiger partial charge in [0.05, 0.1) is 25.9 Å². The molecule has 6 rings (SSSR count). The van der Waals surface area contributed by atoms with E-state index < -0.39 is 21.7 Å². The lowest BCUT2D eigenvalue weighted by atomic mass is 9.88. The average molecular weight is 745 g/mol. The Morgan fingerprint density at radius 3 is 1.42 bits per heavy atom. The van der Waals surface area contributed by atoms with Crippen LogP contribution in [0.15, 0.2) is 146 Å². The minimum Gasteiger partial charge on any atom is -0.497 e. The van der Waals surface area contributed by atoms with Gasteiger partial charge in [0.15, 0.2) is 0 Å². The molecule has 1 heterocycles. The van der Waals surface area contributed by atoms with E-state index in [1.54, 1.807) is 7.11 Å². The van der Waals surface area contributed by atoms with Crippen molar-refractivity contribution in [1.29, 1.82) is 0 Å². The molecule has 0 aromatic heterocycles. The quantitative estimate of drug-likeness (QED) is 0.0725. The van der Waals surface area contributed by atoms with E-state index in [9.17, 15) is 9.59 Å². The number of benzene rings is 5. The lowest BCUT2D eigenvalue weighted by Crippen LogP contribution is -2.65. The van der Waals surface area contributed by atoms with E-state index in [0.29, 0.717) is 13.2 Å². The minimum atomic E-state index is -3.19. The van der Waals surface area contributed by atoms with Gasteiger partial charge in [0.2, 0.25) is 0 Å². The van der Waals surface area contributed by atoms with Crippen LogP contribution in [0, 0.1) is 0 Å². The second-order valence-electron chi connectivity index (χ2n) is 16.0. The SMILES string of the molecule is COc1ccc(COC[C@@H]2O[C@]2(CCCC(C)(C)[Si](O)(c2ccccc2)c2ccccc2)CCC(C)(C)[Si](O)(c2ccccc2)c2ccccc2)cc1. The number of rotatable bonds is 18. The smallest absolute Gasteiger partial charge is 0.258 e. The summed E-state index contributed by atoms with van der Waals surface area (Å²) in [5.41, 5.74) is 0.725. The summed E-state index contributed by atoms with van der Waals surface area (Å²) in [6, 6.07) is 49.1. The molecule has 0 radical (unpaired) electrons. The van der Waals surface area contributed by atoms with Gasteiger partial charge >= 0.3 is 0 Å². The molecule has 0 amide bonds. The van der Waals surface area contributed by atoms with Crippen LogP contribution in [0.1, 0.15) is 65.4 Å². The summed E-state index contributed by atoms with van der Waals surface area (Å²) >= 11 is 0. The van der Waals surface area contributed by atoms with Crippen molar-refractivity contribution in [3.63, 3.8) is 0 Å². The van der Waals surface area contributed by atoms with Gasteiger partial charge in [-0.2, -0.15) is 0 Å². The summed E-state index contributed by atoms with van der Waals surface area (Å²) in [7, 11) is -4.65. The Hall–Kier alpha value is -3.83. The number of hydrogen-bond acceptors (Lipinski definition) is 5. The van der Waals surface area contributed by atoms with Gasteiger partial charge < -0.3 is 23.8 Å². The number of methoxy groups -OCH3 is 1. The predicted molar refractivity (Wildman–Crippen MR) is 222 cm³/mol. The Labute approximate surface area is 318 Å². The summed E-state index contributed by atoms with van der Waals surface area (Å²) in [6.07, 6.45) is 4.17. The van der Waals surface area contributed by atoms with Crippen molar-refractivity contribution < 1.29 is 23.8 Å². The molecular formula is C46H56O5Si2. The van der Waals surface area contributed by atoms with Gasteiger partial charge in [-0.1, -0.05) is 168 Å². The number of ether oxygens (including phenoxy) is 3. The van der Waals surface area contributed by atoms with Gasteiger partial charge in [-0.3, -0.25) is 0 Å². The van der Waals surface area contributed by atoms with E-state index in [-0.39, 0.29) is 16.7 Å². The van der Waals surface area contributed by atoms with Crippen molar-refractivity contribution in [2.75, 3.05) is 13.7 Å². The molecule has 0 bridgehead atoms. The molecule has 5 aromatic carbocycles. The van der Waals surface area contributed by atoms with Crippen LogP contribution < -0.4 is 25.5 Å². The molecule has 5 nitrogen and oxygen atoms in total. The molecule has 0 saturated carbocycles. The van der Waals surface area contributed by atoms with Crippen LogP contribution in [0.3, 0.4) is 0 Å². The molecular weight excluding hydrogens is 689 g/mol. The Morgan fingerprint density at radius 2 is 1.00 bits per heavy atom. The molecule has 1 saturated heterocycles. The fourth-order valence-corrected chi connectivity index (χ4v) is 15.9. The first-order valence-electron chi connectivity index (χ1n) is 19.0. The predicted octanol–water partition coefficient (Wildman–Crippen LogP) is 7.36. The summed E-state index contributed by atoms with van der Waals surface area (Å²) < 4.78 is 18.3. The van der Waals surface area contributed by atoms with Gasteiger partial charge in [-0.05, 0) is 74.2 Å². The van der Waals surface area contributed by atoms with Crippen molar-refractivity contribution in [2.24, 2.45) is 0 Å². The van der Waals surface area contributed by atoms with Gasteiger partial charge in [0.25, 0.3) is 16.6 Å². The zero-order chi connectivity index (χ0) is 37.6. The Bertz CT molecular complexity index is 1790. The Kier molecular flexibility index (Phi) is 11.9. The van der Waals surface area contributed by atoms with Crippen molar-refractivity contribution in [3.8, 4) is 5.75 Å². The largest absolute Gasteiger partial charge is 0.497 e. The molecule has 53 heavy (non-hydrogen) atoms. The number of epoxide rings is 1. The van der Waals surface area contributed by atoms with Gasteiger partial charge in [-0.15, -0.1) is 0 Å². The molecule has 278 valence electrons. The first kappa shape index (κ1) is 38.9. The van der Waals surface area contributed by atoms with Crippen molar-refractivity contribution in [2.45, 2.75) is 88.2 Å². The maximum absolute atomic E-state index is 12.9. The minimum absolute atomic E-state index is 0.0396. The van der Waals surface area contributed by atoms with Crippen molar-refractivity contribution in [3.05, 3.63) is 151 Å². The molecule has 0 unspecified atom stereocenters. The highest BCUT2D eigenvalue weighted by molar-refractivity contribution is 6.99. The van der Waals surface area contributed by atoms with Crippen molar-refractivity contribution in [1.82, 2.24) is 0 Å². The molecule has 0 spiro atoms. The molecule has 2 N–H and O–H groups in total. The molecule has 0 aliphatic carbocycles. The molecule has 7 heteroatoms. The zero-order valence-corrected chi connectivity index (χ0v) is 34.0. The van der Waals surface area contributed by atoms with Crippen LogP contribution in [0.2, 0.25) is 10.1 Å². The topological polar surface area (TPSA) is 71.5 Å². The zero-order valence-electron chi connectivity index (χ0n) is 32.0.